The van der Waals surface area contributed by atoms with Gasteiger partial charge in [0.25, 0.3) is 0 Å². The third kappa shape index (κ3) is 2.60. The molecule has 2 nitrogen and oxygen atoms in total. The summed E-state index contributed by atoms with van der Waals surface area (Å²) in [6, 6.07) is 12.5. The number of amides is 1. The topological polar surface area (TPSA) is 29.1 Å². The Morgan fingerprint density at radius 3 is 2.90 bits per heavy atom. The van der Waals surface area contributed by atoms with Crippen molar-refractivity contribution in [1.29, 1.82) is 0 Å². The molecule has 2 aromatic carbocycles. The van der Waals surface area contributed by atoms with E-state index in [2.05, 4.69) is 21.2 Å². The number of nitrogens with one attached hydrogen (secondary N) is 1. The van der Waals surface area contributed by atoms with Crippen molar-refractivity contribution in [2.24, 2.45) is 0 Å². The lowest BCUT2D eigenvalue weighted by Crippen LogP contribution is -2.21. The van der Waals surface area contributed by atoms with Gasteiger partial charge in [-0.25, -0.2) is 4.39 Å². The Bertz CT molecular complexity index is 677. The second-order valence-corrected chi connectivity index (χ2v) is 6.44. The first-order valence-corrected chi connectivity index (χ1v) is 7.90. The van der Waals surface area contributed by atoms with Crippen LogP contribution in [0, 0.1) is 5.82 Å². The van der Waals surface area contributed by atoms with Gasteiger partial charge in [0.1, 0.15) is 5.82 Å². The van der Waals surface area contributed by atoms with Crippen LogP contribution in [0.25, 0.3) is 0 Å². The molecule has 1 aliphatic heterocycles. The minimum Gasteiger partial charge on any atom is -0.325 e. The highest BCUT2D eigenvalue weighted by Gasteiger charge is 2.28. The number of carbonyl (C=O) groups is 1. The summed E-state index contributed by atoms with van der Waals surface area (Å²) in [6.07, 6.45) is 0. The summed E-state index contributed by atoms with van der Waals surface area (Å²) in [6.45, 7) is 0. The molecule has 0 radical (unpaired) electrons. The molecule has 0 aliphatic carbocycles. The fourth-order valence-corrected chi connectivity index (χ4v) is 3.66. The maximum Gasteiger partial charge on any atom is 0.232 e. The van der Waals surface area contributed by atoms with Crippen LogP contribution in [0.5, 0.6) is 0 Å². The van der Waals surface area contributed by atoms with E-state index in [1.54, 1.807) is 23.9 Å². The van der Waals surface area contributed by atoms with Gasteiger partial charge in [-0.05, 0) is 45.8 Å². The van der Waals surface area contributed by atoms with Gasteiger partial charge in [0.15, 0.2) is 0 Å². The summed E-state index contributed by atoms with van der Waals surface area (Å²) in [5, 5.41) is 2.78. The molecular weight excluding hydrogens is 341 g/mol. The number of hydrogen-bond acceptors (Lipinski definition) is 2. The number of benzene rings is 2. The minimum atomic E-state index is -0.385. The van der Waals surface area contributed by atoms with E-state index in [1.165, 1.54) is 6.07 Å². The van der Waals surface area contributed by atoms with Crippen LogP contribution in [0.4, 0.5) is 10.1 Å². The molecule has 3 rings (SSSR count). The van der Waals surface area contributed by atoms with Gasteiger partial charge in [-0.2, -0.15) is 0 Å². The zero-order valence-corrected chi connectivity index (χ0v) is 12.8. The van der Waals surface area contributed by atoms with Crippen LogP contribution in [0.3, 0.4) is 0 Å². The molecule has 0 spiro atoms. The van der Waals surface area contributed by atoms with Crippen LogP contribution in [0.2, 0.25) is 0 Å². The first-order valence-electron chi connectivity index (χ1n) is 6.13. The fraction of sp³-hybridized carbons (Fsp3) is 0.133. The molecule has 0 saturated carbocycles. The minimum absolute atomic E-state index is 0.0934. The molecule has 5 heteroatoms. The van der Waals surface area contributed by atoms with Crippen molar-refractivity contribution in [3.8, 4) is 0 Å². The molecule has 1 atom stereocenters. The van der Waals surface area contributed by atoms with Crippen molar-refractivity contribution in [3.63, 3.8) is 0 Å². The van der Waals surface area contributed by atoms with Gasteiger partial charge < -0.3 is 5.32 Å². The summed E-state index contributed by atoms with van der Waals surface area (Å²) < 4.78 is 13.8. The summed E-state index contributed by atoms with van der Waals surface area (Å²) in [4.78, 5) is 13.5. The first-order chi connectivity index (χ1) is 9.65. The summed E-state index contributed by atoms with van der Waals surface area (Å²) in [5.74, 6) is 0.0700. The van der Waals surface area contributed by atoms with Gasteiger partial charge in [-0.1, -0.05) is 18.2 Å². The average Bonchev–Trinajstić information content (AvgIpc) is 2.87. The number of thioether (sulfide) groups is 1. The molecule has 1 aliphatic rings. The second kappa shape index (κ2) is 5.58. The molecule has 1 N–H and O–H groups in total. The second-order valence-electron chi connectivity index (χ2n) is 4.52. The lowest BCUT2D eigenvalue weighted by Gasteiger charge is -2.12. The molecule has 1 heterocycles. The maximum atomic E-state index is 13.4. The van der Waals surface area contributed by atoms with Crippen LogP contribution in [0.1, 0.15) is 11.5 Å². The van der Waals surface area contributed by atoms with E-state index in [1.807, 2.05) is 24.3 Å². The number of rotatable bonds is 2. The van der Waals surface area contributed by atoms with Gasteiger partial charge in [0.2, 0.25) is 5.91 Å². The predicted octanol–water partition coefficient (Wildman–Crippen LogP) is 4.42. The van der Waals surface area contributed by atoms with E-state index in [0.29, 0.717) is 10.2 Å². The number of carbonyl (C=O) groups excluding carboxylic acids is 1. The highest BCUT2D eigenvalue weighted by atomic mass is 79.9. The molecule has 1 unspecified atom stereocenters. The van der Waals surface area contributed by atoms with Crippen molar-refractivity contribution in [3.05, 3.63) is 58.3 Å². The molecular formula is C15H11BrFNOS. The van der Waals surface area contributed by atoms with E-state index in [9.17, 15) is 9.18 Å². The van der Waals surface area contributed by atoms with Crippen molar-refractivity contribution >= 4 is 39.3 Å². The van der Waals surface area contributed by atoms with Gasteiger partial charge >= 0.3 is 0 Å². The quantitative estimate of drug-likeness (QED) is 0.867. The lowest BCUT2D eigenvalue weighted by molar-refractivity contribution is -0.117. The SMILES string of the molecule is O=C(Nc1ccc(Br)c(F)c1)C1CSc2ccccc21. The number of hydrogen-bond donors (Lipinski definition) is 1. The van der Waals surface area contributed by atoms with Gasteiger partial charge in [0, 0.05) is 16.3 Å². The third-order valence-corrected chi connectivity index (χ3v) is 5.03. The smallest absolute Gasteiger partial charge is 0.232 e. The molecule has 0 aromatic heterocycles. The lowest BCUT2D eigenvalue weighted by atomic mass is 10.0. The Hall–Kier alpha value is -1.33. The van der Waals surface area contributed by atoms with Crippen LogP contribution < -0.4 is 5.32 Å². The van der Waals surface area contributed by atoms with Crippen LogP contribution in [-0.4, -0.2) is 11.7 Å². The Morgan fingerprint density at radius 1 is 1.30 bits per heavy atom. The highest BCUT2D eigenvalue weighted by Crippen LogP contribution is 2.39. The predicted molar refractivity (Wildman–Crippen MR) is 82.6 cm³/mol. The Morgan fingerprint density at radius 2 is 2.10 bits per heavy atom. The Labute approximate surface area is 128 Å². The van der Waals surface area contributed by atoms with Crippen LogP contribution >= 0.6 is 27.7 Å². The molecule has 102 valence electrons. The van der Waals surface area contributed by atoms with E-state index < -0.39 is 0 Å². The summed E-state index contributed by atoms with van der Waals surface area (Å²) >= 11 is 4.77. The fourth-order valence-electron chi connectivity index (χ4n) is 2.18. The van der Waals surface area contributed by atoms with Crippen molar-refractivity contribution in [1.82, 2.24) is 0 Å². The first kappa shape index (κ1) is 13.6. The number of anilines is 1. The summed E-state index contributed by atoms with van der Waals surface area (Å²) in [5.41, 5.74) is 1.53. The van der Waals surface area contributed by atoms with E-state index in [4.69, 9.17) is 0 Å². The summed E-state index contributed by atoms with van der Waals surface area (Å²) in [7, 11) is 0. The Kier molecular flexibility index (Phi) is 3.81. The Balaban J connectivity index is 1.79. The molecule has 0 bridgehead atoms. The van der Waals surface area contributed by atoms with Gasteiger partial charge in [-0.3, -0.25) is 4.79 Å². The normalized spacial score (nSPS) is 16.8. The molecule has 0 fully saturated rings. The standard InChI is InChI=1S/C15H11BrFNOS/c16-12-6-5-9(7-13(12)17)18-15(19)11-8-20-14-4-2-1-3-10(11)14/h1-7,11H,8H2,(H,18,19). The van der Waals surface area contributed by atoms with Crippen molar-refractivity contribution in [2.45, 2.75) is 10.8 Å². The maximum absolute atomic E-state index is 13.4. The largest absolute Gasteiger partial charge is 0.325 e. The monoisotopic (exact) mass is 351 g/mol. The van der Waals surface area contributed by atoms with Gasteiger partial charge in [-0.15, -0.1) is 11.8 Å². The molecule has 2 aromatic rings. The number of fused-ring (bicyclic) bond motifs is 1. The molecule has 0 saturated heterocycles. The van der Waals surface area contributed by atoms with Crippen LogP contribution in [0.15, 0.2) is 51.8 Å². The van der Waals surface area contributed by atoms with E-state index in [0.717, 1.165) is 16.2 Å². The van der Waals surface area contributed by atoms with Gasteiger partial charge in [0.05, 0.1) is 10.4 Å². The molecule has 1 amide bonds. The average molecular weight is 352 g/mol. The molecule has 20 heavy (non-hydrogen) atoms. The third-order valence-electron chi connectivity index (χ3n) is 3.20. The highest BCUT2D eigenvalue weighted by molar-refractivity contribution is 9.10. The van der Waals surface area contributed by atoms with Crippen molar-refractivity contribution < 1.29 is 9.18 Å². The number of halogens is 2. The zero-order chi connectivity index (χ0) is 14.1. The van der Waals surface area contributed by atoms with E-state index >= 15 is 0 Å². The van der Waals surface area contributed by atoms with Crippen molar-refractivity contribution in [2.75, 3.05) is 11.1 Å². The zero-order valence-electron chi connectivity index (χ0n) is 10.4. The van der Waals surface area contributed by atoms with Crippen LogP contribution in [-0.2, 0) is 4.79 Å². The van der Waals surface area contributed by atoms with E-state index in [-0.39, 0.29) is 17.6 Å².